The number of nitrogens with zero attached hydrogens (tertiary/aromatic N) is 2. The molecule has 0 saturated carbocycles. The van der Waals surface area contributed by atoms with Gasteiger partial charge in [0.25, 0.3) is 7.58 Å². The third-order valence-corrected chi connectivity index (χ3v) is 21.2. The third kappa shape index (κ3) is 4.92. The van der Waals surface area contributed by atoms with Gasteiger partial charge in [0, 0.05) is 22.9 Å². The first kappa shape index (κ1) is 21.7. The topological polar surface area (TPSA) is 79.3 Å². The van der Waals surface area contributed by atoms with E-state index in [0.717, 1.165) is 25.9 Å². The van der Waals surface area contributed by atoms with Gasteiger partial charge in [-0.3, -0.25) is 0 Å². The summed E-state index contributed by atoms with van der Waals surface area (Å²) in [5, 5.41) is 7.15. The maximum absolute atomic E-state index is 6.34. The van der Waals surface area contributed by atoms with Gasteiger partial charge in [-0.2, -0.15) is 9.38 Å². The van der Waals surface area contributed by atoms with Crippen LogP contribution >= 0.6 is 43.9 Å². The first-order valence-corrected chi connectivity index (χ1v) is 17.8. The van der Waals surface area contributed by atoms with Crippen LogP contribution in [0.2, 0.25) is 0 Å². The Morgan fingerprint density at radius 3 is 2.07 bits per heavy atom. The van der Waals surface area contributed by atoms with Crippen LogP contribution in [0.1, 0.15) is 12.8 Å². The Balaban J connectivity index is 1.63. The van der Waals surface area contributed by atoms with E-state index >= 15 is 0 Å². The summed E-state index contributed by atoms with van der Waals surface area (Å²) in [6.07, 6.45) is 1.96. The molecule has 1 unspecified atom stereocenters. The zero-order valence-electron chi connectivity index (χ0n) is 16.4. The average molecular weight is 500 g/mol. The van der Waals surface area contributed by atoms with Crippen LogP contribution in [0.15, 0.2) is 79.5 Å². The molecule has 3 heterocycles. The summed E-state index contributed by atoms with van der Waals surface area (Å²) in [5.41, 5.74) is -2.26. The van der Waals surface area contributed by atoms with Crippen molar-refractivity contribution in [2.45, 2.75) is 22.6 Å². The van der Waals surface area contributed by atoms with Crippen LogP contribution < -0.4 is 15.0 Å². The number of nitrogens with one attached hydrogen (secondary N) is 3. The van der Waals surface area contributed by atoms with Crippen LogP contribution in [0.3, 0.4) is 0 Å². The Labute approximate surface area is 186 Å². The molecule has 0 aliphatic carbocycles. The van der Waals surface area contributed by atoms with Crippen LogP contribution in [0, 0.1) is 0 Å². The molecule has 3 aliphatic rings. The lowest BCUT2D eigenvalue weighted by atomic mass is 10.4. The molecule has 0 radical (unpaired) electrons. The van der Waals surface area contributed by atoms with Gasteiger partial charge in [0.05, 0.1) is 13.2 Å². The minimum atomic E-state index is -2.51. The predicted molar refractivity (Wildman–Crippen MR) is 130 cm³/mol. The van der Waals surface area contributed by atoms with E-state index in [0.29, 0.717) is 13.2 Å². The molecule has 7 nitrogen and oxygen atoms in total. The summed E-state index contributed by atoms with van der Waals surface area (Å²) in [6.45, 7) is 3.13. The third-order valence-electron chi connectivity index (χ3n) is 4.53. The van der Waals surface area contributed by atoms with E-state index in [-0.39, 0.29) is 0 Å². The summed E-state index contributed by atoms with van der Waals surface area (Å²) in [6, 6.07) is 20.9. The van der Waals surface area contributed by atoms with E-state index in [2.05, 4.69) is 63.6 Å². The number of rotatable bonds is 4. The minimum Gasteiger partial charge on any atom is -0.319 e. The summed E-state index contributed by atoms with van der Waals surface area (Å²) < 4.78 is 23.1. The lowest BCUT2D eigenvalue weighted by Gasteiger charge is -2.38. The smallest absolute Gasteiger partial charge is 0.319 e. The number of hydrogen-bond acceptors (Lipinski definition) is 9. The second-order valence-corrected chi connectivity index (χ2v) is 19.8. The normalized spacial score (nSPS) is 30.5. The molecule has 12 heteroatoms. The zero-order chi connectivity index (χ0) is 20.3. The quantitative estimate of drug-likeness (QED) is 0.400. The fourth-order valence-corrected chi connectivity index (χ4v) is 23.9. The first-order chi connectivity index (χ1) is 14.7. The standard InChI is InChI=1S/C18H25N5O2P3S2/c1-3-9-17(10-4-1)29-28(30-18-11-5-2-6-12-18)22-26(19-13-7-15-24-26)21-27(23-28)20-14-8-16-25-27/h1-6,9-12,19-20,22H,7-8,13-16H2/q+1/t26-,27?/m0/s1. The largest absolute Gasteiger partial charge is 0.467 e. The molecule has 2 fully saturated rings. The molecule has 2 saturated heterocycles. The average Bonchev–Trinajstić information content (AvgIpc) is 2.75. The van der Waals surface area contributed by atoms with Crippen molar-refractivity contribution in [3.63, 3.8) is 0 Å². The lowest BCUT2D eigenvalue weighted by molar-refractivity contribution is 0.295. The van der Waals surface area contributed by atoms with Crippen molar-refractivity contribution >= 4 is 43.9 Å². The Morgan fingerprint density at radius 1 is 0.833 bits per heavy atom. The molecule has 3 aliphatic heterocycles. The summed E-state index contributed by atoms with van der Waals surface area (Å²) in [5.74, 6) is 0. The van der Waals surface area contributed by atoms with Crippen molar-refractivity contribution in [3.05, 3.63) is 60.7 Å². The molecule has 0 amide bonds. The molecule has 160 valence electrons. The molecule has 2 atom stereocenters. The van der Waals surface area contributed by atoms with Crippen molar-refractivity contribution in [2.75, 3.05) is 26.3 Å². The molecular formula is C18H25N5O2P3S2+. The van der Waals surface area contributed by atoms with Crippen molar-refractivity contribution in [1.82, 2.24) is 15.0 Å². The Hall–Kier alpha value is -0.170. The van der Waals surface area contributed by atoms with Gasteiger partial charge in [0.15, 0.2) is 0 Å². The van der Waals surface area contributed by atoms with Gasteiger partial charge in [0.2, 0.25) is 5.61 Å². The fourth-order valence-electron chi connectivity index (χ4n) is 3.22. The second kappa shape index (κ2) is 9.36. The van der Waals surface area contributed by atoms with Crippen molar-refractivity contribution in [3.8, 4) is 0 Å². The van der Waals surface area contributed by atoms with E-state index in [1.165, 1.54) is 9.79 Å². The van der Waals surface area contributed by atoms with Crippen LogP contribution in [0.4, 0.5) is 0 Å². The van der Waals surface area contributed by atoms with Crippen LogP contribution in [-0.2, 0) is 9.05 Å². The molecule has 3 N–H and O–H groups in total. The lowest BCUT2D eigenvalue weighted by Crippen LogP contribution is -2.32. The van der Waals surface area contributed by atoms with Crippen molar-refractivity contribution < 1.29 is 9.05 Å². The monoisotopic (exact) mass is 500 g/mol. The highest BCUT2D eigenvalue weighted by Gasteiger charge is 2.55. The van der Waals surface area contributed by atoms with Crippen LogP contribution in [0.25, 0.3) is 0 Å². The van der Waals surface area contributed by atoms with E-state index in [1.54, 1.807) is 22.8 Å². The fraction of sp³-hybridized carbons (Fsp3) is 0.333. The zero-order valence-corrected chi connectivity index (χ0v) is 20.7. The van der Waals surface area contributed by atoms with Gasteiger partial charge < -0.3 is 4.52 Å². The van der Waals surface area contributed by atoms with Gasteiger partial charge in [-0.15, -0.1) is 5.09 Å². The van der Waals surface area contributed by atoms with Crippen molar-refractivity contribution in [2.24, 2.45) is 9.03 Å². The van der Waals surface area contributed by atoms with E-state index in [4.69, 9.17) is 18.1 Å². The molecule has 0 bridgehead atoms. The van der Waals surface area contributed by atoms with E-state index in [1.807, 2.05) is 12.1 Å². The van der Waals surface area contributed by atoms with Gasteiger partial charge in [0.1, 0.15) is 0 Å². The first-order valence-electron chi connectivity index (χ1n) is 9.94. The summed E-state index contributed by atoms with van der Waals surface area (Å²) in [4.78, 5) is 6.20. The second-order valence-electron chi connectivity index (χ2n) is 6.92. The van der Waals surface area contributed by atoms with Gasteiger partial charge in [-0.05, 0) is 46.1 Å². The molecule has 5 rings (SSSR count). The van der Waals surface area contributed by atoms with Gasteiger partial charge in [-0.1, -0.05) is 59.2 Å². The SMILES string of the molecule is c1ccc(SP2(Sc3ccccc3)=N[P+]3(N=[P@@]4(NCCCO4)N2)NCCCO3)cc1. The molecule has 2 aromatic carbocycles. The molecular weight excluding hydrogens is 475 g/mol. The molecule has 2 aromatic rings. The molecule has 2 spiro atoms. The number of hydrogen-bond donors (Lipinski definition) is 3. The van der Waals surface area contributed by atoms with Crippen LogP contribution in [-0.4, -0.2) is 26.3 Å². The minimum absolute atomic E-state index is 0.680. The van der Waals surface area contributed by atoms with E-state index in [9.17, 15) is 0 Å². The molecule has 0 aromatic heterocycles. The highest BCUT2D eigenvalue weighted by Crippen LogP contribution is 2.87. The Kier molecular flexibility index (Phi) is 6.76. The van der Waals surface area contributed by atoms with Crippen molar-refractivity contribution in [1.29, 1.82) is 0 Å². The Morgan fingerprint density at radius 2 is 1.50 bits per heavy atom. The Bertz CT molecular complexity index is 934. The summed E-state index contributed by atoms with van der Waals surface area (Å²) in [7, 11) is -4.92. The predicted octanol–water partition coefficient (Wildman–Crippen LogP) is 6.76. The van der Waals surface area contributed by atoms with Gasteiger partial charge >= 0.3 is 7.94 Å². The highest BCUT2D eigenvalue weighted by atomic mass is 33.1. The number of benzene rings is 2. The maximum atomic E-state index is 6.34. The van der Waals surface area contributed by atoms with Gasteiger partial charge in [-0.25, -0.2) is 5.09 Å². The molecule has 30 heavy (non-hydrogen) atoms. The van der Waals surface area contributed by atoms with Crippen LogP contribution in [0.5, 0.6) is 0 Å². The maximum Gasteiger partial charge on any atom is 0.467 e. The highest BCUT2D eigenvalue weighted by molar-refractivity contribution is 8.91. The summed E-state index contributed by atoms with van der Waals surface area (Å²) >= 11 is 3.59. The van der Waals surface area contributed by atoms with E-state index < -0.39 is 21.1 Å².